The van der Waals surface area contributed by atoms with Crippen LogP contribution < -0.4 is 11.1 Å². The zero-order valence-corrected chi connectivity index (χ0v) is 12.8. The van der Waals surface area contributed by atoms with Crippen molar-refractivity contribution in [2.45, 2.75) is 32.2 Å². The molecule has 0 spiro atoms. The summed E-state index contributed by atoms with van der Waals surface area (Å²) in [5.74, 6) is 0.0401. The van der Waals surface area contributed by atoms with Gasteiger partial charge in [-0.05, 0) is 43.5 Å². The molecule has 1 aliphatic rings. The van der Waals surface area contributed by atoms with Crippen LogP contribution in [0.25, 0.3) is 0 Å². The number of nitrogens with zero attached hydrogens (tertiary/aromatic N) is 1. The van der Waals surface area contributed by atoms with Crippen molar-refractivity contribution in [2.75, 3.05) is 25.0 Å². The standard InChI is InChI=1S/C15H23N3O.ClH/c1-2-12-5-7-14(8-6-12)17-15(19)11-18-9-3-4-13(16)10-18;/h5-8,13H,2-4,9-11,16H2,1H3,(H,17,19);1H. The number of nitrogens with two attached hydrogens (primary N) is 1. The molecule has 0 aliphatic carbocycles. The Hall–Kier alpha value is -1.10. The molecule has 20 heavy (non-hydrogen) atoms. The van der Waals surface area contributed by atoms with Crippen LogP contribution in [-0.2, 0) is 11.2 Å². The first-order chi connectivity index (χ1) is 9.17. The van der Waals surface area contributed by atoms with Gasteiger partial charge >= 0.3 is 0 Å². The molecule has 1 aromatic rings. The molecule has 0 aromatic heterocycles. The molecule has 2 rings (SSSR count). The van der Waals surface area contributed by atoms with E-state index in [1.165, 1.54) is 5.56 Å². The molecule has 1 fully saturated rings. The van der Waals surface area contributed by atoms with E-state index in [0.717, 1.165) is 38.0 Å². The minimum atomic E-state index is 0. The number of carbonyl (C=O) groups is 1. The number of nitrogens with one attached hydrogen (secondary N) is 1. The largest absolute Gasteiger partial charge is 0.327 e. The van der Waals surface area contributed by atoms with Crippen LogP contribution in [0.4, 0.5) is 5.69 Å². The van der Waals surface area contributed by atoms with Gasteiger partial charge in [-0.3, -0.25) is 9.69 Å². The normalized spacial score (nSPS) is 19.2. The molecule has 3 N–H and O–H groups in total. The van der Waals surface area contributed by atoms with E-state index in [4.69, 9.17) is 5.73 Å². The lowest BCUT2D eigenvalue weighted by Crippen LogP contribution is -2.45. The highest BCUT2D eigenvalue weighted by Crippen LogP contribution is 2.11. The molecule has 4 nitrogen and oxygen atoms in total. The Bertz CT molecular complexity index is 422. The minimum Gasteiger partial charge on any atom is -0.327 e. The quantitative estimate of drug-likeness (QED) is 0.894. The fraction of sp³-hybridized carbons (Fsp3) is 0.533. The van der Waals surface area contributed by atoms with Crippen LogP contribution >= 0.6 is 12.4 Å². The molecule has 0 saturated carbocycles. The smallest absolute Gasteiger partial charge is 0.238 e. The Kier molecular flexibility index (Phi) is 6.99. The zero-order chi connectivity index (χ0) is 13.7. The molecule has 1 aliphatic heterocycles. The first-order valence-electron chi connectivity index (χ1n) is 7.04. The molecule has 1 atom stereocenters. The van der Waals surface area contributed by atoms with Gasteiger partial charge in [-0.15, -0.1) is 12.4 Å². The van der Waals surface area contributed by atoms with Crippen LogP contribution in [0.3, 0.4) is 0 Å². The van der Waals surface area contributed by atoms with E-state index in [1.807, 2.05) is 24.3 Å². The van der Waals surface area contributed by atoms with Gasteiger partial charge in [-0.2, -0.15) is 0 Å². The maximum absolute atomic E-state index is 11.9. The third kappa shape index (κ3) is 5.12. The van der Waals surface area contributed by atoms with Crippen molar-refractivity contribution in [1.82, 2.24) is 4.90 Å². The lowest BCUT2D eigenvalue weighted by molar-refractivity contribution is -0.117. The van der Waals surface area contributed by atoms with Crippen LogP contribution in [0.2, 0.25) is 0 Å². The van der Waals surface area contributed by atoms with Crippen molar-refractivity contribution in [3.63, 3.8) is 0 Å². The summed E-state index contributed by atoms with van der Waals surface area (Å²) in [7, 11) is 0. The third-order valence-corrected chi connectivity index (χ3v) is 3.56. The summed E-state index contributed by atoms with van der Waals surface area (Å²) < 4.78 is 0. The summed E-state index contributed by atoms with van der Waals surface area (Å²) in [5, 5.41) is 2.93. The summed E-state index contributed by atoms with van der Waals surface area (Å²) in [4.78, 5) is 14.1. The first-order valence-corrected chi connectivity index (χ1v) is 7.04. The second kappa shape index (κ2) is 8.25. The Morgan fingerprint density at radius 1 is 1.40 bits per heavy atom. The van der Waals surface area contributed by atoms with E-state index in [9.17, 15) is 4.79 Å². The fourth-order valence-corrected chi connectivity index (χ4v) is 2.46. The maximum Gasteiger partial charge on any atom is 0.238 e. The Balaban J connectivity index is 0.00000200. The van der Waals surface area contributed by atoms with Gasteiger partial charge in [0.2, 0.25) is 5.91 Å². The van der Waals surface area contributed by atoms with Gasteiger partial charge in [0.15, 0.2) is 0 Å². The Labute approximate surface area is 127 Å². The second-order valence-electron chi connectivity index (χ2n) is 5.24. The molecule has 5 heteroatoms. The van der Waals surface area contributed by atoms with Crippen molar-refractivity contribution < 1.29 is 4.79 Å². The van der Waals surface area contributed by atoms with Crippen molar-refractivity contribution in [3.05, 3.63) is 29.8 Å². The number of benzene rings is 1. The lowest BCUT2D eigenvalue weighted by Gasteiger charge is -2.29. The number of piperidine rings is 1. The molecule has 1 aromatic carbocycles. The van der Waals surface area contributed by atoms with Crippen molar-refractivity contribution in [2.24, 2.45) is 5.73 Å². The molecule has 1 amide bonds. The number of carbonyl (C=O) groups excluding carboxylic acids is 1. The number of amides is 1. The Morgan fingerprint density at radius 3 is 2.70 bits per heavy atom. The van der Waals surface area contributed by atoms with Gasteiger partial charge in [-0.1, -0.05) is 19.1 Å². The zero-order valence-electron chi connectivity index (χ0n) is 12.0. The number of hydrogen-bond acceptors (Lipinski definition) is 3. The van der Waals surface area contributed by atoms with E-state index in [-0.39, 0.29) is 24.4 Å². The molecule has 1 unspecified atom stereocenters. The lowest BCUT2D eigenvalue weighted by atomic mass is 10.1. The summed E-state index contributed by atoms with van der Waals surface area (Å²) in [6, 6.07) is 8.22. The van der Waals surface area contributed by atoms with E-state index < -0.39 is 0 Å². The van der Waals surface area contributed by atoms with Crippen LogP contribution in [0.5, 0.6) is 0 Å². The van der Waals surface area contributed by atoms with Gasteiger partial charge in [-0.25, -0.2) is 0 Å². The number of halogens is 1. The van der Waals surface area contributed by atoms with E-state index >= 15 is 0 Å². The van der Waals surface area contributed by atoms with E-state index in [0.29, 0.717) is 6.54 Å². The summed E-state index contributed by atoms with van der Waals surface area (Å²) in [6.07, 6.45) is 3.16. The predicted octanol–water partition coefficient (Wildman–Crippen LogP) is 2.03. The summed E-state index contributed by atoms with van der Waals surface area (Å²) >= 11 is 0. The maximum atomic E-state index is 11.9. The minimum absolute atomic E-state index is 0. The van der Waals surface area contributed by atoms with Crippen LogP contribution in [0, 0.1) is 0 Å². The number of hydrogen-bond donors (Lipinski definition) is 2. The summed E-state index contributed by atoms with van der Waals surface area (Å²) in [6.45, 7) is 4.34. The van der Waals surface area contributed by atoms with Crippen molar-refractivity contribution >= 4 is 24.0 Å². The Morgan fingerprint density at radius 2 is 2.10 bits per heavy atom. The molecule has 1 saturated heterocycles. The van der Waals surface area contributed by atoms with Crippen LogP contribution in [-0.4, -0.2) is 36.5 Å². The van der Waals surface area contributed by atoms with Crippen molar-refractivity contribution in [1.29, 1.82) is 0 Å². The van der Waals surface area contributed by atoms with Gasteiger partial charge in [0.25, 0.3) is 0 Å². The molecule has 112 valence electrons. The van der Waals surface area contributed by atoms with Gasteiger partial charge < -0.3 is 11.1 Å². The fourth-order valence-electron chi connectivity index (χ4n) is 2.46. The number of likely N-dealkylation sites (tertiary alicyclic amines) is 1. The average molecular weight is 298 g/mol. The van der Waals surface area contributed by atoms with Crippen LogP contribution in [0.1, 0.15) is 25.3 Å². The average Bonchev–Trinajstić information content (AvgIpc) is 2.39. The topological polar surface area (TPSA) is 58.4 Å². The van der Waals surface area contributed by atoms with Crippen molar-refractivity contribution in [3.8, 4) is 0 Å². The highest BCUT2D eigenvalue weighted by molar-refractivity contribution is 5.92. The van der Waals surface area contributed by atoms with Gasteiger partial charge in [0, 0.05) is 18.3 Å². The number of aryl methyl sites for hydroxylation is 1. The number of rotatable bonds is 4. The highest BCUT2D eigenvalue weighted by Gasteiger charge is 2.18. The van der Waals surface area contributed by atoms with Crippen LogP contribution in [0.15, 0.2) is 24.3 Å². The highest BCUT2D eigenvalue weighted by atomic mass is 35.5. The van der Waals surface area contributed by atoms with Gasteiger partial charge in [0.05, 0.1) is 6.54 Å². The van der Waals surface area contributed by atoms with E-state index in [2.05, 4.69) is 17.1 Å². The second-order valence-corrected chi connectivity index (χ2v) is 5.24. The first kappa shape index (κ1) is 17.0. The van der Waals surface area contributed by atoms with Gasteiger partial charge in [0.1, 0.15) is 0 Å². The molecule has 1 heterocycles. The monoisotopic (exact) mass is 297 g/mol. The predicted molar refractivity (Wildman–Crippen MR) is 85.3 cm³/mol. The number of anilines is 1. The van der Waals surface area contributed by atoms with E-state index in [1.54, 1.807) is 0 Å². The summed E-state index contributed by atoms with van der Waals surface area (Å²) in [5.41, 5.74) is 8.05. The third-order valence-electron chi connectivity index (χ3n) is 3.56. The SMILES string of the molecule is CCc1ccc(NC(=O)CN2CCCC(N)C2)cc1.Cl. The molecular weight excluding hydrogens is 274 g/mol. The molecule has 0 bridgehead atoms. The molecule has 0 radical (unpaired) electrons. The molecular formula is C15H24ClN3O.